The number of aryl methyl sites for hydroxylation is 1. The Bertz CT molecular complexity index is 1120. The molecule has 0 atom stereocenters. The van der Waals surface area contributed by atoms with E-state index in [2.05, 4.69) is 10.2 Å². The molecule has 26 heavy (non-hydrogen) atoms. The van der Waals surface area contributed by atoms with Crippen LogP contribution in [0.5, 0.6) is 0 Å². The number of hydrogen-bond acceptors (Lipinski definition) is 4. The van der Waals surface area contributed by atoms with Crippen LogP contribution in [-0.4, -0.2) is 24.1 Å². The van der Waals surface area contributed by atoms with Gasteiger partial charge in [-0.3, -0.25) is 0 Å². The molecule has 3 aromatic rings. The summed E-state index contributed by atoms with van der Waals surface area (Å²) >= 11 is 0. The van der Waals surface area contributed by atoms with E-state index in [0.717, 1.165) is 10.9 Å². The van der Waals surface area contributed by atoms with Crippen LogP contribution in [0.1, 0.15) is 18.1 Å². The third kappa shape index (κ3) is 3.18. The number of benzene rings is 2. The van der Waals surface area contributed by atoms with Crippen LogP contribution < -0.4 is 11.5 Å². The highest BCUT2D eigenvalue weighted by Crippen LogP contribution is 2.26. The normalized spacial score (nSPS) is 12.3. The molecule has 3 rings (SSSR count). The van der Waals surface area contributed by atoms with E-state index in [1.54, 1.807) is 49.5 Å². The predicted octanol–water partition coefficient (Wildman–Crippen LogP) is 2.18. The molecule has 0 bridgehead atoms. The van der Waals surface area contributed by atoms with Crippen molar-refractivity contribution in [2.24, 2.45) is 21.7 Å². The topological polar surface area (TPSA) is 116 Å². The standard InChI is InChI=1S/C18H19N5O2S/c1-12-7-9-14(10-8-12)26(24,25)23-11-16(13(2)21-22-18(19)20)15-5-3-4-6-17(15)23/h3-11H,1-2H3,(H4,19,20,22)/b21-13-. The summed E-state index contributed by atoms with van der Waals surface area (Å²) in [5, 5.41) is 8.36. The molecule has 0 fully saturated rings. The number of para-hydroxylation sites is 1. The van der Waals surface area contributed by atoms with Gasteiger partial charge in [-0.2, -0.15) is 5.10 Å². The van der Waals surface area contributed by atoms with Crippen molar-refractivity contribution in [3.63, 3.8) is 0 Å². The molecule has 2 aromatic carbocycles. The van der Waals surface area contributed by atoms with Crippen LogP contribution in [0, 0.1) is 6.92 Å². The average molecular weight is 369 g/mol. The average Bonchev–Trinajstić information content (AvgIpc) is 3.00. The molecule has 0 aliphatic carbocycles. The van der Waals surface area contributed by atoms with Crippen molar-refractivity contribution < 1.29 is 8.42 Å². The highest BCUT2D eigenvalue weighted by Gasteiger charge is 2.21. The Labute approximate surface area is 151 Å². The zero-order chi connectivity index (χ0) is 18.9. The predicted molar refractivity (Wildman–Crippen MR) is 104 cm³/mol. The van der Waals surface area contributed by atoms with Crippen LogP contribution in [0.4, 0.5) is 0 Å². The molecule has 0 unspecified atom stereocenters. The summed E-state index contributed by atoms with van der Waals surface area (Å²) in [6, 6.07) is 13.9. The Morgan fingerprint density at radius 2 is 1.65 bits per heavy atom. The van der Waals surface area contributed by atoms with Gasteiger partial charge in [0.15, 0.2) is 0 Å². The minimum atomic E-state index is -3.75. The van der Waals surface area contributed by atoms with Gasteiger partial charge in [-0.1, -0.05) is 35.9 Å². The minimum Gasteiger partial charge on any atom is -0.369 e. The summed E-state index contributed by atoms with van der Waals surface area (Å²) in [7, 11) is -3.75. The number of guanidine groups is 1. The van der Waals surface area contributed by atoms with Crippen molar-refractivity contribution in [1.29, 1.82) is 0 Å². The minimum absolute atomic E-state index is 0.166. The molecule has 0 aliphatic rings. The first kappa shape index (κ1) is 17.7. The van der Waals surface area contributed by atoms with Crippen LogP contribution in [-0.2, 0) is 10.0 Å². The van der Waals surface area contributed by atoms with Gasteiger partial charge in [0.2, 0.25) is 5.96 Å². The van der Waals surface area contributed by atoms with Crippen LogP contribution in [0.2, 0.25) is 0 Å². The van der Waals surface area contributed by atoms with Gasteiger partial charge < -0.3 is 11.5 Å². The summed E-state index contributed by atoms with van der Waals surface area (Å²) in [5.41, 5.74) is 13.3. The van der Waals surface area contributed by atoms with Gasteiger partial charge in [0, 0.05) is 17.1 Å². The monoisotopic (exact) mass is 369 g/mol. The van der Waals surface area contributed by atoms with Gasteiger partial charge in [0.1, 0.15) is 0 Å². The molecule has 0 radical (unpaired) electrons. The van der Waals surface area contributed by atoms with Gasteiger partial charge in [-0.15, -0.1) is 5.10 Å². The maximum atomic E-state index is 13.1. The number of hydrogen-bond donors (Lipinski definition) is 2. The molecule has 7 nitrogen and oxygen atoms in total. The smallest absolute Gasteiger partial charge is 0.268 e. The number of aromatic nitrogens is 1. The van der Waals surface area contributed by atoms with E-state index in [-0.39, 0.29) is 10.9 Å². The lowest BCUT2D eigenvalue weighted by Gasteiger charge is -2.07. The number of rotatable bonds is 4. The molecule has 1 aromatic heterocycles. The quantitative estimate of drug-likeness (QED) is 0.416. The van der Waals surface area contributed by atoms with Gasteiger partial charge in [0.25, 0.3) is 10.0 Å². The lowest BCUT2D eigenvalue weighted by Crippen LogP contribution is -2.22. The fourth-order valence-corrected chi connectivity index (χ4v) is 4.02. The molecule has 0 aliphatic heterocycles. The highest BCUT2D eigenvalue weighted by atomic mass is 32.2. The third-order valence-corrected chi connectivity index (χ3v) is 5.65. The maximum absolute atomic E-state index is 13.1. The lowest BCUT2D eigenvalue weighted by molar-refractivity contribution is 0.589. The summed E-state index contributed by atoms with van der Waals surface area (Å²) in [6.07, 6.45) is 1.54. The Balaban J connectivity index is 2.23. The summed E-state index contributed by atoms with van der Waals surface area (Å²) in [6.45, 7) is 3.63. The molecule has 4 N–H and O–H groups in total. The third-order valence-electron chi connectivity index (χ3n) is 3.96. The summed E-state index contributed by atoms with van der Waals surface area (Å²) in [5.74, 6) is -0.166. The van der Waals surface area contributed by atoms with E-state index in [9.17, 15) is 8.42 Å². The Morgan fingerprint density at radius 1 is 1.00 bits per heavy atom. The Morgan fingerprint density at radius 3 is 2.31 bits per heavy atom. The number of nitrogens with two attached hydrogens (primary N) is 2. The van der Waals surface area contributed by atoms with Gasteiger partial charge in [-0.25, -0.2) is 12.4 Å². The largest absolute Gasteiger partial charge is 0.369 e. The molecule has 134 valence electrons. The van der Waals surface area contributed by atoms with Gasteiger partial charge in [-0.05, 0) is 32.0 Å². The first-order chi connectivity index (χ1) is 12.3. The highest BCUT2D eigenvalue weighted by molar-refractivity contribution is 7.90. The second-order valence-corrected chi connectivity index (χ2v) is 7.70. The zero-order valence-corrected chi connectivity index (χ0v) is 15.2. The fraction of sp³-hybridized carbons (Fsp3) is 0.111. The van der Waals surface area contributed by atoms with Crippen LogP contribution >= 0.6 is 0 Å². The molecule has 1 heterocycles. The number of nitrogens with zero attached hydrogens (tertiary/aromatic N) is 3. The van der Waals surface area contributed by atoms with Crippen molar-refractivity contribution in [3.05, 3.63) is 65.9 Å². The summed E-state index contributed by atoms with van der Waals surface area (Å²) < 4.78 is 27.5. The molecule has 0 saturated carbocycles. The Kier molecular flexibility index (Phi) is 4.52. The number of fused-ring (bicyclic) bond motifs is 1. The maximum Gasteiger partial charge on any atom is 0.268 e. The van der Waals surface area contributed by atoms with E-state index in [4.69, 9.17) is 11.5 Å². The zero-order valence-electron chi connectivity index (χ0n) is 14.4. The van der Waals surface area contributed by atoms with E-state index in [1.807, 2.05) is 19.1 Å². The lowest BCUT2D eigenvalue weighted by atomic mass is 10.1. The van der Waals surface area contributed by atoms with Gasteiger partial charge in [0.05, 0.1) is 16.1 Å². The fourth-order valence-electron chi connectivity index (χ4n) is 2.65. The van der Waals surface area contributed by atoms with Crippen molar-refractivity contribution in [2.75, 3.05) is 0 Å². The summed E-state index contributed by atoms with van der Waals surface area (Å²) in [4.78, 5) is 0.217. The van der Waals surface area contributed by atoms with Crippen molar-refractivity contribution >= 4 is 32.6 Å². The SMILES string of the molecule is C/C(=N/N=C(N)N)c1cn(S(=O)(=O)c2ccc(C)cc2)c2ccccc12. The first-order valence-corrected chi connectivity index (χ1v) is 9.30. The molecule has 0 spiro atoms. The van der Waals surface area contributed by atoms with Crippen LogP contribution in [0.15, 0.2) is 69.8 Å². The van der Waals surface area contributed by atoms with E-state index >= 15 is 0 Å². The molecule has 8 heteroatoms. The van der Waals surface area contributed by atoms with Crippen LogP contribution in [0.3, 0.4) is 0 Å². The second-order valence-electron chi connectivity index (χ2n) is 5.88. The van der Waals surface area contributed by atoms with Crippen molar-refractivity contribution in [1.82, 2.24) is 3.97 Å². The van der Waals surface area contributed by atoms with E-state index in [1.165, 1.54) is 3.97 Å². The van der Waals surface area contributed by atoms with E-state index in [0.29, 0.717) is 16.8 Å². The molecule has 0 amide bonds. The van der Waals surface area contributed by atoms with E-state index < -0.39 is 10.0 Å². The Hall–Kier alpha value is -3.13. The molecule has 0 saturated heterocycles. The van der Waals surface area contributed by atoms with Crippen molar-refractivity contribution in [2.45, 2.75) is 18.7 Å². The van der Waals surface area contributed by atoms with Crippen molar-refractivity contribution in [3.8, 4) is 0 Å². The van der Waals surface area contributed by atoms with Gasteiger partial charge >= 0.3 is 0 Å². The molecular formula is C18H19N5O2S. The van der Waals surface area contributed by atoms with Crippen LogP contribution in [0.25, 0.3) is 10.9 Å². The second kappa shape index (κ2) is 6.64. The molecular weight excluding hydrogens is 350 g/mol. The first-order valence-electron chi connectivity index (χ1n) is 7.86.